The third-order valence-corrected chi connectivity index (χ3v) is 19.2. The van der Waals surface area contributed by atoms with Crippen molar-refractivity contribution in [1.29, 1.82) is 0 Å². The fourth-order valence-corrected chi connectivity index (χ4v) is 16.4. The molecule has 0 aliphatic carbocycles. The van der Waals surface area contributed by atoms with Gasteiger partial charge in [0.05, 0.1) is 12.3 Å². The molecular weight excluding hydrogens is 630 g/mol. The Bertz CT molecular complexity index is 1770. The molecule has 6 rings (SSSR count). The van der Waals surface area contributed by atoms with Gasteiger partial charge in [-0.15, -0.1) is 0 Å². The lowest BCUT2D eigenvalue weighted by molar-refractivity contribution is 0.219. The highest BCUT2D eigenvalue weighted by atomic mass is 31.2. The molecule has 2 nitrogen and oxygen atoms in total. The van der Waals surface area contributed by atoms with E-state index < -0.39 is 15.6 Å². The van der Waals surface area contributed by atoms with Gasteiger partial charge in [0.25, 0.3) is 8.32 Å². The molecule has 0 aliphatic heterocycles. The first-order valence-electron chi connectivity index (χ1n) is 17.3. The van der Waals surface area contributed by atoms with Gasteiger partial charge in [-0.1, -0.05) is 148 Å². The van der Waals surface area contributed by atoms with Crippen molar-refractivity contribution in [2.24, 2.45) is 0 Å². The summed E-state index contributed by atoms with van der Waals surface area (Å²) in [6.07, 6.45) is 7.75. The Morgan fingerprint density at radius 2 is 1.06 bits per heavy atom. The van der Waals surface area contributed by atoms with E-state index in [9.17, 15) is 0 Å². The van der Waals surface area contributed by atoms with E-state index in [4.69, 9.17) is 4.43 Å². The third kappa shape index (κ3) is 7.31. The molecule has 4 heteroatoms. The van der Waals surface area contributed by atoms with E-state index in [1.54, 1.807) is 0 Å². The van der Waals surface area contributed by atoms with E-state index in [0.717, 1.165) is 18.1 Å². The Kier molecular flexibility index (Phi) is 10.9. The average Bonchev–Trinajstić information content (AvgIpc) is 3.15. The lowest BCUT2D eigenvalue weighted by Crippen LogP contribution is -2.67. The predicted octanol–water partition coefficient (Wildman–Crippen LogP) is 8.81. The first-order chi connectivity index (χ1) is 23.8. The van der Waals surface area contributed by atoms with Crippen molar-refractivity contribution in [2.45, 2.75) is 45.3 Å². The normalized spacial score (nSPS) is 13.2. The van der Waals surface area contributed by atoms with Crippen LogP contribution in [0.2, 0.25) is 5.04 Å². The Hall–Kier alpha value is -4.40. The van der Waals surface area contributed by atoms with Crippen LogP contribution in [0.3, 0.4) is 0 Å². The van der Waals surface area contributed by atoms with Gasteiger partial charge in [0.2, 0.25) is 0 Å². The van der Waals surface area contributed by atoms with Crippen LogP contribution in [0.1, 0.15) is 39.7 Å². The van der Waals surface area contributed by atoms with Crippen molar-refractivity contribution in [3.05, 3.63) is 187 Å². The summed E-state index contributed by atoms with van der Waals surface area (Å²) in [5.41, 5.74) is 2.31. The van der Waals surface area contributed by atoms with Crippen molar-refractivity contribution in [2.75, 3.05) is 6.16 Å². The van der Waals surface area contributed by atoms with Crippen LogP contribution in [0.15, 0.2) is 182 Å². The summed E-state index contributed by atoms with van der Waals surface area (Å²) in [6, 6.07) is 59.8. The second kappa shape index (κ2) is 15.4. The summed E-state index contributed by atoms with van der Waals surface area (Å²) < 4.78 is 7.98. The Labute approximate surface area is 295 Å². The van der Waals surface area contributed by atoms with Gasteiger partial charge in [-0.3, -0.25) is 4.98 Å². The van der Waals surface area contributed by atoms with Crippen LogP contribution in [-0.4, -0.2) is 25.6 Å². The number of benzene rings is 5. The number of pyridine rings is 1. The molecule has 5 aromatic carbocycles. The van der Waals surface area contributed by atoms with E-state index in [-0.39, 0.29) is 11.1 Å². The Morgan fingerprint density at radius 1 is 0.633 bits per heavy atom. The molecule has 0 aliphatic rings. The zero-order chi connectivity index (χ0) is 34.2. The third-order valence-electron chi connectivity index (χ3n) is 9.64. The Balaban J connectivity index is 1.55. The summed E-state index contributed by atoms with van der Waals surface area (Å²) in [5, 5.41) is 6.63. The van der Waals surface area contributed by atoms with Crippen LogP contribution < -0.4 is 26.3 Å². The summed E-state index contributed by atoms with van der Waals surface area (Å²) in [4.78, 5) is 4.44. The van der Waals surface area contributed by atoms with Crippen molar-refractivity contribution in [3.8, 4) is 0 Å². The lowest BCUT2D eigenvalue weighted by Gasteiger charge is -2.45. The minimum absolute atomic E-state index is 0.137. The van der Waals surface area contributed by atoms with E-state index >= 15 is 0 Å². The summed E-state index contributed by atoms with van der Waals surface area (Å²) in [6.45, 7) is 9.35. The molecule has 1 aromatic heterocycles. The predicted molar refractivity (Wildman–Crippen MR) is 215 cm³/mol. The molecule has 1 atom stereocenters. The maximum atomic E-state index is 7.98. The molecular formula is C45H47NOPSi+. The first-order valence-corrected chi connectivity index (χ1v) is 21.1. The largest absolute Gasteiger partial charge is 0.401 e. The highest BCUT2D eigenvalue weighted by Crippen LogP contribution is 2.56. The smallest absolute Gasteiger partial charge is 0.261 e. The fourth-order valence-electron chi connectivity index (χ4n) is 7.29. The molecule has 0 saturated heterocycles. The maximum Gasteiger partial charge on any atom is 0.261 e. The molecule has 0 N–H and O–H groups in total. The summed E-state index contributed by atoms with van der Waals surface area (Å²) in [7, 11) is -4.95. The molecule has 0 spiro atoms. The number of hydrogen-bond donors (Lipinski definition) is 0. The standard InChI is InChI=1S/C45H47NOPSi/c1-37(35-38-21-20-33-46-36-38)44(47-49(45(2,3)4,42-28-16-8-17-29-42)43-30-18-9-19-31-43)32-34-48(39-22-10-5-11-23-39,40-24-12-6-13-25-40)41-26-14-7-15-27-41/h5-31,33,35-36,44H,32,34H2,1-4H3/q+1/b37-35+. The van der Waals surface area contributed by atoms with Gasteiger partial charge in [-0.05, 0) is 75.9 Å². The molecule has 0 radical (unpaired) electrons. The highest BCUT2D eigenvalue weighted by Gasteiger charge is 2.52. The van der Waals surface area contributed by atoms with Crippen molar-refractivity contribution >= 4 is 47.9 Å². The van der Waals surface area contributed by atoms with Crippen molar-refractivity contribution in [3.63, 3.8) is 0 Å². The molecule has 0 amide bonds. The van der Waals surface area contributed by atoms with Crippen LogP contribution in [0.25, 0.3) is 6.08 Å². The second-order valence-corrected chi connectivity index (χ2v) is 21.6. The van der Waals surface area contributed by atoms with Crippen LogP contribution in [0.5, 0.6) is 0 Å². The van der Waals surface area contributed by atoms with Crippen molar-refractivity contribution in [1.82, 2.24) is 4.98 Å². The van der Waals surface area contributed by atoms with E-state index in [0.29, 0.717) is 0 Å². The van der Waals surface area contributed by atoms with E-state index in [1.807, 2.05) is 18.5 Å². The van der Waals surface area contributed by atoms with Gasteiger partial charge in [0.1, 0.15) is 23.2 Å². The SMILES string of the molecule is C/C(=C\c1cccnc1)C(CC[P+](c1ccccc1)(c1ccccc1)c1ccccc1)O[Si](c1ccccc1)(c1ccccc1)C(C)(C)C. The summed E-state index contributed by atoms with van der Waals surface area (Å²) >= 11 is 0. The minimum Gasteiger partial charge on any atom is -0.401 e. The molecule has 1 heterocycles. The number of nitrogens with zero attached hydrogens (tertiary/aromatic N) is 1. The van der Waals surface area contributed by atoms with Gasteiger partial charge in [-0.25, -0.2) is 0 Å². The molecule has 6 aromatic rings. The maximum absolute atomic E-state index is 7.98. The zero-order valence-corrected chi connectivity index (χ0v) is 31.0. The van der Waals surface area contributed by atoms with Gasteiger partial charge in [-0.2, -0.15) is 0 Å². The van der Waals surface area contributed by atoms with Gasteiger partial charge in [0, 0.05) is 18.8 Å². The monoisotopic (exact) mass is 676 g/mol. The van der Waals surface area contributed by atoms with Crippen LogP contribution in [0, 0.1) is 0 Å². The number of hydrogen-bond acceptors (Lipinski definition) is 2. The average molecular weight is 677 g/mol. The summed E-state index contributed by atoms with van der Waals surface area (Å²) in [5.74, 6) is 0. The minimum atomic E-state index is -2.87. The van der Waals surface area contributed by atoms with Crippen molar-refractivity contribution < 1.29 is 4.43 Å². The number of aromatic nitrogens is 1. The van der Waals surface area contributed by atoms with Crippen LogP contribution in [-0.2, 0) is 4.43 Å². The Morgan fingerprint density at radius 3 is 1.45 bits per heavy atom. The molecule has 0 saturated carbocycles. The lowest BCUT2D eigenvalue weighted by atomic mass is 10.1. The number of rotatable bonds is 12. The first kappa shape index (κ1) is 34.5. The quantitative estimate of drug-likeness (QED) is 0.0955. The highest BCUT2D eigenvalue weighted by molar-refractivity contribution is 7.95. The molecule has 246 valence electrons. The fraction of sp³-hybridized carbons (Fsp3) is 0.178. The molecule has 0 fully saturated rings. The molecule has 49 heavy (non-hydrogen) atoms. The zero-order valence-electron chi connectivity index (χ0n) is 29.1. The second-order valence-electron chi connectivity index (χ2n) is 13.8. The van der Waals surface area contributed by atoms with Crippen LogP contribution >= 0.6 is 7.26 Å². The van der Waals surface area contributed by atoms with E-state index in [2.05, 4.69) is 196 Å². The van der Waals surface area contributed by atoms with E-state index in [1.165, 1.54) is 31.9 Å². The topological polar surface area (TPSA) is 22.1 Å². The molecule has 0 bridgehead atoms. The molecule has 1 unspecified atom stereocenters. The van der Waals surface area contributed by atoms with Crippen LogP contribution in [0.4, 0.5) is 0 Å². The van der Waals surface area contributed by atoms with Gasteiger partial charge in [0.15, 0.2) is 0 Å². The van der Waals surface area contributed by atoms with Gasteiger partial charge < -0.3 is 4.43 Å². The van der Waals surface area contributed by atoms with Gasteiger partial charge >= 0.3 is 0 Å².